The van der Waals surface area contributed by atoms with Crippen LogP contribution in [0.2, 0.25) is 0 Å². The summed E-state index contributed by atoms with van der Waals surface area (Å²) < 4.78 is 0. The fourth-order valence-electron chi connectivity index (χ4n) is 0.439. The molecular formula is C5H11N3O2. The molecule has 0 aliphatic rings. The van der Waals surface area contributed by atoms with Crippen LogP contribution in [0.4, 0.5) is 0 Å². The number of carboxylic acid groups (broad SMARTS) is 1. The maximum absolute atomic E-state index is 9.94. The van der Waals surface area contributed by atoms with E-state index in [2.05, 4.69) is 10.4 Å². The van der Waals surface area contributed by atoms with Crippen molar-refractivity contribution in [2.24, 2.45) is 10.8 Å². The van der Waals surface area contributed by atoms with Crippen LogP contribution in [0.1, 0.15) is 12.8 Å². The number of nitrogens with zero attached hydrogens (tertiary/aromatic N) is 1. The van der Waals surface area contributed by atoms with E-state index in [9.17, 15) is 4.79 Å². The number of nitrogens with one attached hydrogen (secondary N) is 1. The maximum atomic E-state index is 9.94. The zero-order valence-electron chi connectivity index (χ0n) is 5.58. The van der Waals surface area contributed by atoms with Crippen molar-refractivity contribution in [3.8, 4) is 0 Å². The summed E-state index contributed by atoms with van der Waals surface area (Å²) in [6.45, 7) is 0.497. The second kappa shape index (κ2) is 6.03. The second-order valence-corrected chi connectivity index (χ2v) is 1.70. The number of aliphatic imine (C=N–C) groups is 1. The topological polar surface area (TPSA) is 87.7 Å². The van der Waals surface area contributed by atoms with Crippen molar-refractivity contribution < 1.29 is 9.90 Å². The van der Waals surface area contributed by atoms with Crippen LogP contribution in [0.5, 0.6) is 0 Å². The molecule has 5 nitrogen and oxygen atoms in total. The third-order valence-electron chi connectivity index (χ3n) is 0.844. The van der Waals surface area contributed by atoms with Gasteiger partial charge in [-0.05, 0) is 6.42 Å². The van der Waals surface area contributed by atoms with Gasteiger partial charge in [0.05, 0.1) is 6.34 Å². The van der Waals surface area contributed by atoms with Gasteiger partial charge in [-0.1, -0.05) is 0 Å². The van der Waals surface area contributed by atoms with E-state index in [0.717, 1.165) is 0 Å². The molecule has 0 unspecified atom stereocenters. The zero-order chi connectivity index (χ0) is 7.82. The van der Waals surface area contributed by atoms with Gasteiger partial charge in [0.1, 0.15) is 0 Å². The van der Waals surface area contributed by atoms with E-state index >= 15 is 0 Å². The predicted octanol–water partition coefficient (Wildman–Crippen LogP) is -0.657. The Kier molecular flexibility index (Phi) is 5.36. The number of nitrogens with two attached hydrogens (primary N) is 1. The van der Waals surface area contributed by atoms with Crippen LogP contribution in [0.25, 0.3) is 0 Å². The lowest BCUT2D eigenvalue weighted by Gasteiger charge is -1.90. The van der Waals surface area contributed by atoms with Crippen LogP contribution in [0.3, 0.4) is 0 Å². The van der Waals surface area contributed by atoms with E-state index in [-0.39, 0.29) is 6.42 Å². The highest BCUT2D eigenvalue weighted by Gasteiger charge is 1.92. The van der Waals surface area contributed by atoms with Gasteiger partial charge >= 0.3 is 5.97 Å². The molecule has 0 atom stereocenters. The number of hydrogen-bond donors (Lipinski definition) is 3. The summed E-state index contributed by atoms with van der Waals surface area (Å²) in [5.74, 6) is 4.06. The van der Waals surface area contributed by atoms with Crippen molar-refractivity contribution >= 4 is 12.3 Å². The average Bonchev–Trinajstić information content (AvgIpc) is 1.87. The quantitative estimate of drug-likeness (QED) is 0.157. The van der Waals surface area contributed by atoms with Crippen LogP contribution in [0.15, 0.2) is 4.99 Å². The lowest BCUT2D eigenvalue weighted by molar-refractivity contribution is -0.137. The van der Waals surface area contributed by atoms with E-state index < -0.39 is 5.97 Å². The van der Waals surface area contributed by atoms with Gasteiger partial charge in [-0.2, -0.15) is 0 Å². The van der Waals surface area contributed by atoms with Gasteiger partial charge in [0.2, 0.25) is 0 Å². The standard InChI is InChI=1S/C5H11N3O2/c6-8-4-7-3-1-2-5(9)10/h4H,1-3,6H2,(H,7,8)(H,9,10). The molecule has 0 spiro atoms. The Hall–Kier alpha value is -1.10. The monoisotopic (exact) mass is 145 g/mol. The molecule has 0 aromatic carbocycles. The highest BCUT2D eigenvalue weighted by atomic mass is 16.4. The van der Waals surface area contributed by atoms with Crippen molar-refractivity contribution in [3.63, 3.8) is 0 Å². The van der Waals surface area contributed by atoms with Gasteiger partial charge in [-0.15, -0.1) is 0 Å². The fraction of sp³-hybridized carbons (Fsp3) is 0.600. The summed E-state index contributed by atoms with van der Waals surface area (Å²) in [7, 11) is 0. The number of hydrogen-bond acceptors (Lipinski definition) is 3. The molecule has 0 rings (SSSR count). The molecule has 0 bridgehead atoms. The van der Waals surface area contributed by atoms with Crippen molar-refractivity contribution in [2.75, 3.05) is 6.54 Å². The molecule has 5 heteroatoms. The minimum absolute atomic E-state index is 0.155. The Labute approximate surface area is 58.9 Å². The fourth-order valence-corrected chi connectivity index (χ4v) is 0.439. The molecule has 0 saturated heterocycles. The molecule has 4 N–H and O–H groups in total. The lowest BCUT2D eigenvalue weighted by Crippen LogP contribution is -2.19. The second-order valence-electron chi connectivity index (χ2n) is 1.70. The molecule has 0 aliphatic heterocycles. The summed E-state index contributed by atoms with van der Waals surface area (Å²) in [6, 6.07) is 0. The van der Waals surface area contributed by atoms with Gasteiger partial charge < -0.3 is 10.5 Å². The smallest absolute Gasteiger partial charge is 0.303 e. The molecule has 0 aliphatic carbocycles. The normalized spacial score (nSPS) is 10.1. The molecule has 0 fully saturated rings. The molecular weight excluding hydrogens is 134 g/mol. The minimum atomic E-state index is -0.795. The van der Waals surface area contributed by atoms with Crippen molar-refractivity contribution in [1.82, 2.24) is 5.43 Å². The van der Waals surface area contributed by atoms with Crippen molar-refractivity contribution in [2.45, 2.75) is 12.8 Å². The first-order valence-electron chi connectivity index (χ1n) is 2.93. The van der Waals surface area contributed by atoms with Gasteiger partial charge in [-0.25, -0.2) is 5.84 Å². The molecule has 0 aromatic rings. The van der Waals surface area contributed by atoms with Gasteiger partial charge in [0.25, 0.3) is 0 Å². The number of aliphatic carboxylic acids is 1. The molecule has 0 saturated carbocycles. The number of hydrazine groups is 1. The van der Waals surface area contributed by atoms with Crippen molar-refractivity contribution in [3.05, 3.63) is 0 Å². The summed E-state index contributed by atoms with van der Waals surface area (Å²) in [4.78, 5) is 13.7. The highest BCUT2D eigenvalue weighted by molar-refractivity contribution is 5.66. The Morgan fingerprint density at radius 1 is 1.80 bits per heavy atom. The molecule has 58 valence electrons. The molecule has 0 radical (unpaired) electrons. The first kappa shape index (κ1) is 8.90. The van der Waals surface area contributed by atoms with Crippen LogP contribution in [0, 0.1) is 0 Å². The van der Waals surface area contributed by atoms with Crippen LogP contribution in [-0.2, 0) is 4.79 Å². The Bertz CT molecular complexity index is 124. The first-order chi connectivity index (χ1) is 4.77. The van der Waals surface area contributed by atoms with E-state index in [4.69, 9.17) is 10.9 Å². The van der Waals surface area contributed by atoms with Crippen LogP contribution >= 0.6 is 0 Å². The highest BCUT2D eigenvalue weighted by Crippen LogP contribution is 1.87. The number of rotatable bonds is 5. The van der Waals surface area contributed by atoms with E-state index in [1.165, 1.54) is 6.34 Å². The third kappa shape index (κ3) is 6.90. The molecule has 0 heterocycles. The summed E-state index contributed by atoms with van der Waals surface area (Å²) >= 11 is 0. The predicted molar refractivity (Wildman–Crippen MR) is 37.6 cm³/mol. The third-order valence-corrected chi connectivity index (χ3v) is 0.844. The lowest BCUT2D eigenvalue weighted by atomic mass is 10.3. The van der Waals surface area contributed by atoms with E-state index in [1.54, 1.807) is 0 Å². The summed E-state index contributed by atoms with van der Waals surface area (Å²) in [5.41, 5.74) is 2.22. The largest absolute Gasteiger partial charge is 0.481 e. The van der Waals surface area contributed by atoms with E-state index in [1.807, 2.05) is 0 Å². The summed E-state index contributed by atoms with van der Waals surface area (Å²) in [6.07, 6.45) is 2.04. The summed E-state index contributed by atoms with van der Waals surface area (Å²) in [5, 5.41) is 8.18. The minimum Gasteiger partial charge on any atom is -0.481 e. The van der Waals surface area contributed by atoms with Crippen LogP contribution < -0.4 is 11.3 Å². The zero-order valence-corrected chi connectivity index (χ0v) is 5.58. The molecule has 0 amide bonds. The molecule has 0 aromatic heterocycles. The van der Waals surface area contributed by atoms with Gasteiger partial charge in [-0.3, -0.25) is 9.79 Å². The number of carbonyl (C=O) groups is 1. The Balaban J connectivity index is 3.05. The van der Waals surface area contributed by atoms with Crippen LogP contribution in [-0.4, -0.2) is 24.0 Å². The average molecular weight is 145 g/mol. The van der Waals surface area contributed by atoms with E-state index in [0.29, 0.717) is 13.0 Å². The van der Waals surface area contributed by atoms with Gasteiger partial charge in [0.15, 0.2) is 0 Å². The number of carboxylic acids is 1. The SMILES string of the molecule is NNC=NCCCC(=O)O. The Morgan fingerprint density at radius 2 is 2.50 bits per heavy atom. The first-order valence-corrected chi connectivity index (χ1v) is 2.93. The molecule has 10 heavy (non-hydrogen) atoms. The Morgan fingerprint density at radius 3 is 3.00 bits per heavy atom. The maximum Gasteiger partial charge on any atom is 0.303 e. The van der Waals surface area contributed by atoms with Gasteiger partial charge in [0, 0.05) is 13.0 Å². The van der Waals surface area contributed by atoms with Crippen molar-refractivity contribution in [1.29, 1.82) is 0 Å².